The first kappa shape index (κ1) is 14.5. The fraction of sp³-hybridized carbons (Fsp3) is 0.615. The molecule has 0 aliphatic heterocycles. The summed E-state index contributed by atoms with van der Waals surface area (Å²) in [5, 5.41) is 4.70. The molecule has 0 aromatic heterocycles. The summed E-state index contributed by atoms with van der Waals surface area (Å²) in [5.41, 5.74) is 1.17. The summed E-state index contributed by atoms with van der Waals surface area (Å²) in [4.78, 5) is 0. The van der Waals surface area contributed by atoms with E-state index in [9.17, 15) is 0 Å². The van der Waals surface area contributed by atoms with Gasteiger partial charge in [-0.3, -0.25) is 0 Å². The molecule has 0 radical (unpaired) electrons. The van der Waals surface area contributed by atoms with Crippen molar-refractivity contribution in [2.24, 2.45) is 10.3 Å². The quantitative estimate of drug-likeness (QED) is 0.382. The van der Waals surface area contributed by atoms with Crippen LogP contribution in [0.1, 0.15) is 41.0 Å². The number of allylic oxidation sites excluding steroid dienone is 1. The Morgan fingerprint density at radius 1 is 1.47 bits per heavy atom. The Kier molecular flexibility index (Phi) is 6.66. The minimum Gasteiger partial charge on any atom is -0.240 e. The molecule has 0 saturated carbocycles. The first-order valence-electron chi connectivity index (χ1n) is 5.59. The van der Waals surface area contributed by atoms with Gasteiger partial charge in [0.15, 0.2) is 0 Å². The molecule has 88 valence electrons. The van der Waals surface area contributed by atoms with Crippen LogP contribution in [0.15, 0.2) is 17.1 Å². The van der Waals surface area contributed by atoms with Crippen LogP contribution < -0.4 is 0 Å². The lowest BCUT2D eigenvalue weighted by Crippen LogP contribution is -1.99. The maximum absolute atomic E-state index is 4.82. The second-order valence-electron chi connectivity index (χ2n) is 4.01. The average molecular weight is 227 g/mol. The van der Waals surface area contributed by atoms with Crippen molar-refractivity contribution >= 4 is 25.8 Å². The van der Waals surface area contributed by atoms with Gasteiger partial charge in [0, 0.05) is 5.71 Å². The van der Waals surface area contributed by atoms with E-state index in [0.717, 1.165) is 12.2 Å². The Morgan fingerprint density at radius 3 is 2.40 bits per heavy atom. The van der Waals surface area contributed by atoms with Crippen molar-refractivity contribution in [3.63, 3.8) is 0 Å². The third kappa shape index (κ3) is 5.22. The zero-order valence-corrected chi connectivity index (χ0v) is 11.6. The van der Waals surface area contributed by atoms with Crippen LogP contribution in [0.4, 0.5) is 0 Å². The van der Waals surface area contributed by atoms with E-state index >= 15 is 0 Å². The zero-order chi connectivity index (χ0) is 11.9. The molecular formula is C13H25NS. The van der Waals surface area contributed by atoms with Gasteiger partial charge < -0.3 is 0 Å². The molecule has 0 spiro atoms. The molecule has 2 heteroatoms. The molecule has 0 aromatic rings. The van der Waals surface area contributed by atoms with Gasteiger partial charge in [-0.05, 0) is 49.6 Å². The Hall–Kier alpha value is -0.500. The van der Waals surface area contributed by atoms with E-state index in [0.29, 0.717) is 5.92 Å². The maximum atomic E-state index is 4.82. The highest BCUT2D eigenvalue weighted by Crippen LogP contribution is 2.27. The van der Waals surface area contributed by atoms with E-state index in [2.05, 4.69) is 51.9 Å². The molecule has 0 bridgehead atoms. The standard InChI is InChI=1S/C13H25NS/c1-7-10-13(6)11-15(8-2,9-3)14-12(4)5/h7-8,11,13H,1,9-10H2,2-6H3. The summed E-state index contributed by atoms with van der Waals surface area (Å²) < 4.78 is 4.82. The third-order valence-electron chi connectivity index (χ3n) is 2.23. The minimum absolute atomic E-state index is 0.566. The van der Waals surface area contributed by atoms with E-state index in [4.69, 9.17) is 4.40 Å². The van der Waals surface area contributed by atoms with Gasteiger partial charge in [0.2, 0.25) is 0 Å². The van der Waals surface area contributed by atoms with E-state index in [1.54, 1.807) is 0 Å². The van der Waals surface area contributed by atoms with Crippen molar-refractivity contribution in [1.82, 2.24) is 0 Å². The molecule has 1 nitrogen and oxygen atoms in total. The van der Waals surface area contributed by atoms with Crippen molar-refractivity contribution in [1.29, 1.82) is 0 Å². The second kappa shape index (κ2) is 6.89. The lowest BCUT2D eigenvalue weighted by Gasteiger charge is -2.14. The van der Waals surface area contributed by atoms with Crippen molar-refractivity contribution < 1.29 is 0 Å². The summed E-state index contributed by atoms with van der Waals surface area (Å²) in [6.45, 7) is 14.5. The highest BCUT2D eigenvalue weighted by Gasteiger charge is 2.01. The topological polar surface area (TPSA) is 12.4 Å². The van der Waals surface area contributed by atoms with Gasteiger partial charge in [-0.25, -0.2) is 4.40 Å². The van der Waals surface area contributed by atoms with Crippen LogP contribution in [0, 0.1) is 5.92 Å². The first-order chi connectivity index (χ1) is 6.99. The van der Waals surface area contributed by atoms with Gasteiger partial charge in [-0.2, -0.15) is 0 Å². The summed E-state index contributed by atoms with van der Waals surface area (Å²) in [6, 6.07) is 0. The van der Waals surface area contributed by atoms with Crippen LogP contribution in [0.5, 0.6) is 0 Å². The van der Waals surface area contributed by atoms with Crippen LogP contribution in [0.2, 0.25) is 0 Å². The SMILES string of the molecule is C=CCC(C)C=S(=CC)(CC)N=C(C)C. The third-order valence-corrected chi connectivity index (χ3v) is 5.61. The largest absolute Gasteiger partial charge is 0.240 e. The van der Waals surface area contributed by atoms with Crippen molar-refractivity contribution in [2.45, 2.75) is 41.0 Å². The van der Waals surface area contributed by atoms with Gasteiger partial charge in [0.25, 0.3) is 0 Å². The van der Waals surface area contributed by atoms with Crippen LogP contribution in [0.25, 0.3) is 0 Å². The molecule has 0 saturated heterocycles. The summed E-state index contributed by atoms with van der Waals surface area (Å²) in [6.07, 6.45) is 3.03. The Morgan fingerprint density at radius 2 is 2.07 bits per heavy atom. The number of hydrogen-bond acceptors (Lipinski definition) is 1. The normalized spacial score (nSPS) is 16.1. The molecule has 2 unspecified atom stereocenters. The van der Waals surface area contributed by atoms with Gasteiger partial charge >= 0.3 is 0 Å². The minimum atomic E-state index is -1.00. The average Bonchev–Trinajstić information content (AvgIpc) is 2.16. The van der Waals surface area contributed by atoms with Gasteiger partial charge in [0.05, 0.1) is 0 Å². The monoisotopic (exact) mass is 227 g/mol. The molecule has 0 N–H and O–H groups in total. The summed E-state index contributed by atoms with van der Waals surface area (Å²) >= 11 is 0. The molecule has 0 aromatic carbocycles. The maximum Gasteiger partial charge on any atom is 0.0188 e. The molecule has 0 aliphatic carbocycles. The molecule has 0 rings (SSSR count). The van der Waals surface area contributed by atoms with Gasteiger partial charge in [0.1, 0.15) is 0 Å². The van der Waals surface area contributed by atoms with Crippen molar-refractivity contribution in [3.8, 4) is 0 Å². The molecule has 2 atom stereocenters. The smallest absolute Gasteiger partial charge is 0.0188 e. The first-order valence-corrected chi connectivity index (χ1v) is 7.47. The van der Waals surface area contributed by atoms with Gasteiger partial charge in [-0.15, -0.1) is 16.0 Å². The molecule has 0 amide bonds. The van der Waals surface area contributed by atoms with E-state index < -0.39 is 9.39 Å². The number of hydrogen-bond donors (Lipinski definition) is 0. The predicted molar refractivity (Wildman–Crippen MR) is 78.7 cm³/mol. The lowest BCUT2D eigenvalue weighted by molar-refractivity contribution is 0.819. The fourth-order valence-electron chi connectivity index (χ4n) is 1.55. The van der Waals surface area contributed by atoms with E-state index in [1.165, 1.54) is 5.71 Å². The van der Waals surface area contributed by atoms with Crippen LogP contribution in [-0.2, 0) is 0 Å². The molecule has 0 fully saturated rings. The highest BCUT2D eigenvalue weighted by atomic mass is 32.2. The molecule has 0 aliphatic rings. The highest BCUT2D eigenvalue weighted by molar-refractivity contribution is 8.28. The lowest BCUT2D eigenvalue weighted by atomic mass is 10.1. The molecule has 15 heavy (non-hydrogen) atoms. The van der Waals surface area contributed by atoms with E-state index in [1.807, 2.05) is 6.08 Å². The Bertz CT molecular complexity index is 338. The number of rotatable bonds is 5. The van der Waals surface area contributed by atoms with E-state index in [-0.39, 0.29) is 0 Å². The molecular weight excluding hydrogens is 202 g/mol. The van der Waals surface area contributed by atoms with Crippen LogP contribution in [0.3, 0.4) is 0 Å². The van der Waals surface area contributed by atoms with Crippen molar-refractivity contribution in [2.75, 3.05) is 5.75 Å². The number of nitrogens with zero attached hydrogens (tertiary/aromatic N) is 1. The second-order valence-corrected chi connectivity index (χ2v) is 7.13. The van der Waals surface area contributed by atoms with Crippen molar-refractivity contribution in [3.05, 3.63) is 12.7 Å². The zero-order valence-electron chi connectivity index (χ0n) is 10.8. The van der Waals surface area contributed by atoms with Crippen LogP contribution in [-0.4, -0.2) is 22.2 Å². The molecule has 0 heterocycles. The predicted octanol–water partition coefficient (Wildman–Crippen LogP) is 4.04. The fourth-order valence-corrected chi connectivity index (χ4v) is 4.12. The Balaban J connectivity index is 5.29. The summed E-state index contributed by atoms with van der Waals surface area (Å²) in [5.74, 6) is 1.67. The van der Waals surface area contributed by atoms with Crippen LogP contribution >= 0.6 is 9.39 Å². The van der Waals surface area contributed by atoms with Gasteiger partial charge in [-0.1, -0.05) is 19.9 Å². The Labute approximate surface area is 95.9 Å². The summed E-state index contributed by atoms with van der Waals surface area (Å²) in [7, 11) is -1.00.